The highest BCUT2D eigenvalue weighted by molar-refractivity contribution is 5.90. The highest BCUT2D eigenvalue weighted by Crippen LogP contribution is 2.33. The van der Waals surface area contributed by atoms with Crippen LogP contribution in [0.5, 0.6) is 5.75 Å². The Morgan fingerprint density at radius 2 is 1.71 bits per heavy atom. The lowest BCUT2D eigenvalue weighted by atomic mass is 10.0. The molecule has 4 rings (SSSR count). The molecule has 4 aromatic rings. The van der Waals surface area contributed by atoms with Crippen molar-refractivity contribution >= 4 is 17.9 Å². The van der Waals surface area contributed by atoms with Crippen LogP contribution < -0.4 is 10.1 Å². The predicted molar refractivity (Wildman–Crippen MR) is 138 cm³/mol. The van der Waals surface area contributed by atoms with E-state index in [2.05, 4.69) is 10.5 Å². The van der Waals surface area contributed by atoms with Crippen LogP contribution in [0.2, 0.25) is 0 Å². The van der Waals surface area contributed by atoms with Gasteiger partial charge in [-0.05, 0) is 36.6 Å². The van der Waals surface area contributed by atoms with Gasteiger partial charge < -0.3 is 19.1 Å². The molecule has 0 aliphatic rings. The number of carbonyl (C=O) groups excluding carboxylic acids is 1. The molecule has 2 N–H and O–H groups in total. The van der Waals surface area contributed by atoms with E-state index in [9.17, 15) is 20.0 Å². The number of carboxylic acid groups (broad SMARTS) is 1. The number of carboxylic acids is 1. The monoisotopic (exact) mass is 511 g/mol. The highest BCUT2D eigenvalue weighted by Gasteiger charge is 2.22. The number of hydrogen-bond acceptors (Lipinski definition) is 7. The Bertz CT molecular complexity index is 1460. The average molecular weight is 512 g/mol. The molecule has 1 heterocycles. The number of nitriles is 1. The molecule has 0 spiro atoms. The normalized spacial score (nSPS) is 12.1. The van der Waals surface area contributed by atoms with Crippen LogP contribution >= 0.6 is 0 Å². The number of anilines is 1. The summed E-state index contributed by atoms with van der Waals surface area (Å²) in [5, 5.41) is 25.2. The lowest BCUT2D eigenvalue weighted by molar-refractivity contribution is -0.138. The third kappa shape index (κ3) is 5.99. The molecule has 0 saturated carbocycles. The van der Waals surface area contributed by atoms with Crippen LogP contribution in [0.15, 0.2) is 83.4 Å². The Labute approximate surface area is 219 Å². The number of aliphatic carboxylic acids is 1. The molecule has 2 atom stereocenters. The fourth-order valence-electron chi connectivity index (χ4n) is 3.83. The SMILES string of the molecule is CC(OC(=O)Nc1onc(C#N)c1-c1ccc(COc2ccccc2C(C)C(=O)O)cc1)c1ccccc1. The lowest BCUT2D eigenvalue weighted by Gasteiger charge is -2.14. The summed E-state index contributed by atoms with van der Waals surface area (Å²) in [5.74, 6) is -1.16. The van der Waals surface area contributed by atoms with Crippen molar-refractivity contribution in [3.8, 4) is 22.9 Å². The van der Waals surface area contributed by atoms with E-state index < -0.39 is 24.1 Å². The zero-order valence-electron chi connectivity index (χ0n) is 20.8. The van der Waals surface area contributed by atoms with Gasteiger partial charge in [0.1, 0.15) is 24.5 Å². The van der Waals surface area contributed by atoms with E-state index in [0.29, 0.717) is 22.4 Å². The Morgan fingerprint density at radius 3 is 2.39 bits per heavy atom. The molecular weight excluding hydrogens is 486 g/mol. The Balaban J connectivity index is 1.46. The summed E-state index contributed by atoms with van der Waals surface area (Å²) in [6.45, 7) is 3.56. The van der Waals surface area contributed by atoms with Gasteiger partial charge in [0.25, 0.3) is 0 Å². The van der Waals surface area contributed by atoms with Gasteiger partial charge in [-0.3, -0.25) is 10.1 Å². The molecule has 0 radical (unpaired) electrons. The molecule has 0 fully saturated rings. The number of aromatic nitrogens is 1. The third-order valence-electron chi connectivity index (χ3n) is 5.96. The second-order valence-electron chi connectivity index (χ2n) is 8.51. The number of hydrogen-bond donors (Lipinski definition) is 2. The van der Waals surface area contributed by atoms with E-state index in [1.807, 2.05) is 36.4 Å². The predicted octanol–water partition coefficient (Wildman–Crippen LogP) is 6.29. The first-order chi connectivity index (χ1) is 18.4. The maximum absolute atomic E-state index is 12.5. The zero-order valence-corrected chi connectivity index (χ0v) is 20.8. The summed E-state index contributed by atoms with van der Waals surface area (Å²) < 4.78 is 16.6. The third-order valence-corrected chi connectivity index (χ3v) is 5.96. The molecule has 192 valence electrons. The number of para-hydroxylation sites is 1. The molecule has 38 heavy (non-hydrogen) atoms. The number of nitrogens with one attached hydrogen (secondary N) is 1. The van der Waals surface area contributed by atoms with Crippen molar-refractivity contribution in [1.82, 2.24) is 5.16 Å². The van der Waals surface area contributed by atoms with E-state index in [1.165, 1.54) is 0 Å². The van der Waals surface area contributed by atoms with Crippen LogP contribution in [-0.2, 0) is 16.1 Å². The van der Waals surface area contributed by atoms with Gasteiger partial charge in [-0.15, -0.1) is 0 Å². The molecule has 2 unspecified atom stereocenters. The zero-order chi connectivity index (χ0) is 27.1. The van der Waals surface area contributed by atoms with Gasteiger partial charge in [-0.1, -0.05) is 78.0 Å². The van der Waals surface area contributed by atoms with Gasteiger partial charge in [0, 0.05) is 5.56 Å². The lowest BCUT2D eigenvalue weighted by Crippen LogP contribution is -2.16. The van der Waals surface area contributed by atoms with E-state index in [4.69, 9.17) is 14.0 Å². The fourth-order valence-corrected chi connectivity index (χ4v) is 3.83. The molecule has 9 heteroatoms. The Kier molecular flexibility index (Phi) is 8.04. The summed E-state index contributed by atoms with van der Waals surface area (Å²) in [6, 6.07) is 25.4. The van der Waals surface area contributed by atoms with Gasteiger partial charge in [-0.2, -0.15) is 5.26 Å². The van der Waals surface area contributed by atoms with Crippen molar-refractivity contribution in [3.63, 3.8) is 0 Å². The summed E-state index contributed by atoms with van der Waals surface area (Å²) in [6.07, 6.45) is -1.25. The first kappa shape index (κ1) is 26.0. The number of nitrogens with zero attached hydrogens (tertiary/aromatic N) is 2. The maximum atomic E-state index is 12.5. The van der Waals surface area contributed by atoms with Crippen LogP contribution in [0.3, 0.4) is 0 Å². The molecule has 9 nitrogen and oxygen atoms in total. The largest absolute Gasteiger partial charge is 0.489 e. The van der Waals surface area contributed by atoms with Crippen molar-refractivity contribution in [3.05, 3.63) is 101 Å². The van der Waals surface area contributed by atoms with Gasteiger partial charge in [0.05, 0.1) is 11.5 Å². The first-order valence-electron chi connectivity index (χ1n) is 11.8. The van der Waals surface area contributed by atoms with Crippen LogP contribution in [0.1, 0.15) is 48.3 Å². The van der Waals surface area contributed by atoms with E-state index in [0.717, 1.165) is 11.1 Å². The molecule has 0 bridgehead atoms. The van der Waals surface area contributed by atoms with Crippen molar-refractivity contribution in [1.29, 1.82) is 5.26 Å². The van der Waals surface area contributed by atoms with Crippen molar-refractivity contribution in [2.24, 2.45) is 0 Å². The second kappa shape index (κ2) is 11.8. The van der Waals surface area contributed by atoms with Crippen LogP contribution in [0.25, 0.3) is 11.1 Å². The number of amides is 1. The van der Waals surface area contributed by atoms with Crippen LogP contribution in [0.4, 0.5) is 10.7 Å². The molecule has 1 aromatic heterocycles. The molecule has 1 amide bonds. The van der Waals surface area contributed by atoms with E-state index >= 15 is 0 Å². The molecule has 3 aromatic carbocycles. The van der Waals surface area contributed by atoms with Gasteiger partial charge in [-0.25, -0.2) is 4.79 Å². The van der Waals surface area contributed by atoms with E-state index in [-0.39, 0.29) is 18.2 Å². The minimum absolute atomic E-state index is 0.00704. The summed E-state index contributed by atoms with van der Waals surface area (Å²) in [7, 11) is 0. The molecule has 0 saturated heterocycles. The van der Waals surface area contributed by atoms with Crippen LogP contribution in [0, 0.1) is 11.3 Å². The molecule has 0 aliphatic heterocycles. The quantitative estimate of drug-likeness (QED) is 0.268. The number of rotatable bonds is 9. The van der Waals surface area contributed by atoms with Crippen molar-refractivity contribution in [2.45, 2.75) is 32.5 Å². The standard InChI is InChI=1S/C29H25N3O6/c1-18(28(33)34)23-10-6-7-11-25(23)36-17-20-12-14-22(15-13-20)26-24(16-30)32-38-27(26)31-29(35)37-19(2)21-8-4-3-5-9-21/h3-15,18-19H,17H2,1-2H3,(H,31,35)(H,33,34). The van der Waals surface area contributed by atoms with Gasteiger partial charge in [0.2, 0.25) is 5.88 Å². The smallest absolute Gasteiger partial charge is 0.414 e. The van der Waals surface area contributed by atoms with Gasteiger partial charge in [0.15, 0.2) is 5.69 Å². The minimum Gasteiger partial charge on any atom is -0.489 e. The van der Waals surface area contributed by atoms with Crippen molar-refractivity contribution in [2.75, 3.05) is 5.32 Å². The van der Waals surface area contributed by atoms with Crippen LogP contribution in [-0.4, -0.2) is 22.3 Å². The fraction of sp³-hybridized carbons (Fsp3) is 0.172. The minimum atomic E-state index is -0.935. The number of carbonyl (C=O) groups is 2. The molecule has 0 aliphatic carbocycles. The average Bonchev–Trinajstić information content (AvgIpc) is 3.34. The summed E-state index contributed by atoms with van der Waals surface area (Å²) in [5.41, 5.74) is 3.16. The number of ether oxygens (including phenoxy) is 2. The molecular formula is C29H25N3O6. The highest BCUT2D eigenvalue weighted by atomic mass is 16.6. The van der Waals surface area contributed by atoms with E-state index in [1.54, 1.807) is 62.4 Å². The van der Waals surface area contributed by atoms with Crippen molar-refractivity contribution < 1.29 is 28.7 Å². The summed E-state index contributed by atoms with van der Waals surface area (Å²) >= 11 is 0. The maximum Gasteiger partial charge on any atom is 0.414 e. The topological polar surface area (TPSA) is 135 Å². The Hall–Kier alpha value is -5.10. The number of benzene rings is 3. The first-order valence-corrected chi connectivity index (χ1v) is 11.8. The second-order valence-corrected chi connectivity index (χ2v) is 8.51. The summed E-state index contributed by atoms with van der Waals surface area (Å²) in [4.78, 5) is 23.9. The van der Waals surface area contributed by atoms with Gasteiger partial charge >= 0.3 is 12.1 Å². The Morgan fingerprint density at radius 1 is 1.03 bits per heavy atom.